The minimum atomic E-state index is -0.527. The van der Waals surface area contributed by atoms with Crippen LogP contribution in [0.4, 0.5) is 0 Å². The fourth-order valence-corrected chi connectivity index (χ4v) is 2.79. The quantitative estimate of drug-likeness (QED) is 0.853. The first-order valence-electron chi connectivity index (χ1n) is 6.97. The highest BCUT2D eigenvalue weighted by Gasteiger charge is 2.45. The maximum absolute atomic E-state index is 12.2. The zero-order chi connectivity index (χ0) is 14.7. The third kappa shape index (κ3) is 3.07. The first-order chi connectivity index (χ1) is 9.50. The zero-order valence-corrected chi connectivity index (χ0v) is 12.1. The molecular weight excluding hydrogens is 254 g/mol. The van der Waals surface area contributed by atoms with E-state index < -0.39 is 6.04 Å². The molecule has 1 aromatic carbocycles. The number of nitrogens with one attached hydrogen (secondary N) is 1. The Bertz CT molecular complexity index is 486. The largest absolute Gasteiger partial charge is 0.460 e. The molecule has 2 rings (SSSR count). The molecule has 1 aliphatic heterocycles. The molecule has 1 N–H and O–H groups in total. The van der Waals surface area contributed by atoms with Crippen molar-refractivity contribution in [3.63, 3.8) is 0 Å². The van der Waals surface area contributed by atoms with Gasteiger partial charge in [-0.05, 0) is 25.3 Å². The summed E-state index contributed by atoms with van der Waals surface area (Å²) in [6.45, 7) is 5.77. The third-order valence-electron chi connectivity index (χ3n) is 4.10. The molecule has 0 radical (unpaired) electrons. The van der Waals surface area contributed by atoms with E-state index in [2.05, 4.69) is 5.32 Å². The Morgan fingerprint density at radius 1 is 1.20 bits per heavy atom. The predicted octanol–water partition coefficient (Wildman–Crippen LogP) is 1.93. The van der Waals surface area contributed by atoms with E-state index in [0.29, 0.717) is 0 Å². The lowest BCUT2D eigenvalue weighted by atomic mass is 9.86. The van der Waals surface area contributed by atoms with Crippen molar-refractivity contribution in [1.29, 1.82) is 0 Å². The van der Waals surface area contributed by atoms with E-state index in [1.165, 1.54) is 0 Å². The van der Waals surface area contributed by atoms with E-state index in [0.717, 1.165) is 5.56 Å². The average molecular weight is 275 g/mol. The summed E-state index contributed by atoms with van der Waals surface area (Å²) >= 11 is 0. The Kier molecular flexibility index (Phi) is 4.55. The number of ketones is 1. The van der Waals surface area contributed by atoms with Crippen molar-refractivity contribution in [2.45, 2.75) is 39.5 Å². The number of ether oxygens (including phenoxy) is 1. The normalized spacial score (nSPS) is 29.1. The van der Waals surface area contributed by atoms with Crippen LogP contribution >= 0.6 is 0 Å². The van der Waals surface area contributed by atoms with Crippen LogP contribution in [0.2, 0.25) is 0 Å². The SMILES string of the molecule is CC(=O)C1C(C(=O)OCc2ccccc2)NC(C)C1C. The lowest BCUT2D eigenvalue weighted by Gasteiger charge is -2.18. The van der Waals surface area contributed by atoms with Crippen LogP contribution in [-0.4, -0.2) is 23.8 Å². The second-order valence-electron chi connectivity index (χ2n) is 5.52. The van der Waals surface area contributed by atoms with Crippen molar-refractivity contribution in [2.24, 2.45) is 11.8 Å². The summed E-state index contributed by atoms with van der Waals surface area (Å²) in [5.41, 5.74) is 0.944. The molecule has 0 aliphatic carbocycles. The van der Waals surface area contributed by atoms with Gasteiger partial charge < -0.3 is 10.1 Å². The van der Waals surface area contributed by atoms with Crippen LogP contribution in [0.5, 0.6) is 0 Å². The minimum Gasteiger partial charge on any atom is -0.460 e. The van der Waals surface area contributed by atoms with Crippen LogP contribution in [0.1, 0.15) is 26.3 Å². The molecule has 4 heteroatoms. The van der Waals surface area contributed by atoms with Crippen molar-refractivity contribution >= 4 is 11.8 Å². The van der Waals surface area contributed by atoms with Crippen molar-refractivity contribution in [2.75, 3.05) is 0 Å². The number of hydrogen-bond acceptors (Lipinski definition) is 4. The Balaban J connectivity index is 1.99. The van der Waals surface area contributed by atoms with Gasteiger partial charge in [0.15, 0.2) is 0 Å². The Morgan fingerprint density at radius 3 is 2.45 bits per heavy atom. The highest BCUT2D eigenvalue weighted by Crippen LogP contribution is 2.28. The van der Waals surface area contributed by atoms with E-state index in [-0.39, 0.29) is 36.2 Å². The van der Waals surface area contributed by atoms with Gasteiger partial charge in [-0.25, -0.2) is 0 Å². The molecule has 1 aromatic rings. The fraction of sp³-hybridized carbons (Fsp3) is 0.500. The molecule has 1 heterocycles. The molecular formula is C16H21NO3. The van der Waals surface area contributed by atoms with E-state index in [1.807, 2.05) is 44.2 Å². The number of carbonyl (C=O) groups excluding carboxylic acids is 2. The van der Waals surface area contributed by atoms with Gasteiger partial charge in [-0.3, -0.25) is 9.59 Å². The third-order valence-corrected chi connectivity index (χ3v) is 4.10. The molecule has 0 amide bonds. The summed E-state index contributed by atoms with van der Waals surface area (Å²) in [5.74, 6) is -0.462. The lowest BCUT2D eigenvalue weighted by Crippen LogP contribution is -2.41. The molecule has 1 aliphatic rings. The Labute approximate surface area is 119 Å². The van der Waals surface area contributed by atoms with Crippen LogP contribution < -0.4 is 5.32 Å². The second-order valence-corrected chi connectivity index (χ2v) is 5.52. The van der Waals surface area contributed by atoms with Gasteiger partial charge in [-0.1, -0.05) is 37.3 Å². The van der Waals surface area contributed by atoms with Gasteiger partial charge in [0.1, 0.15) is 18.4 Å². The highest BCUT2D eigenvalue weighted by atomic mass is 16.5. The summed E-state index contributed by atoms with van der Waals surface area (Å²) in [6.07, 6.45) is 0. The monoisotopic (exact) mass is 275 g/mol. The number of carbonyl (C=O) groups is 2. The number of hydrogen-bond donors (Lipinski definition) is 1. The van der Waals surface area contributed by atoms with Gasteiger partial charge in [-0.2, -0.15) is 0 Å². The van der Waals surface area contributed by atoms with Gasteiger partial charge in [0.2, 0.25) is 0 Å². The summed E-state index contributed by atoms with van der Waals surface area (Å²) < 4.78 is 5.34. The van der Waals surface area contributed by atoms with E-state index in [9.17, 15) is 9.59 Å². The summed E-state index contributed by atoms with van der Waals surface area (Å²) in [6, 6.07) is 9.14. The first kappa shape index (κ1) is 14.7. The van der Waals surface area contributed by atoms with Gasteiger partial charge in [0.25, 0.3) is 0 Å². The predicted molar refractivity (Wildman–Crippen MR) is 76.0 cm³/mol. The molecule has 4 atom stereocenters. The number of esters is 1. The van der Waals surface area contributed by atoms with Crippen LogP contribution in [0.3, 0.4) is 0 Å². The number of benzene rings is 1. The summed E-state index contributed by atoms with van der Waals surface area (Å²) in [5, 5.41) is 3.18. The van der Waals surface area contributed by atoms with Gasteiger partial charge in [0.05, 0.1) is 0 Å². The Hall–Kier alpha value is -1.68. The second kappa shape index (κ2) is 6.18. The average Bonchev–Trinajstić information content (AvgIpc) is 2.73. The smallest absolute Gasteiger partial charge is 0.324 e. The molecule has 4 nitrogen and oxygen atoms in total. The van der Waals surface area contributed by atoms with Crippen molar-refractivity contribution in [1.82, 2.24) is 5.32 Å². The highest BCUT2D eigenvalue weighted by molar-refractivity contribution is 5.88. The molecule has 0 bridgehead atoms. The van der Waals surface area contributed by atoms with E-state index in [1.54, 1.807) is 6.92 Å². The zero-order valence-electron chi connectivity index (χ0n) is 12.1. The number of rotatable bonds is 4. The molecule has 0 aromatic heterocycles. The minimum absolute atomic E-state index is 0.0380. The topological polar surface area (TPSA) is 55.4 Å². The van der Waals surface area contributed by atoms with Crippen LogP contribution in [0.25, 0.3) is 0 Å². The molecule has 1 saturated heterocycles. The molecule has 108 valence electrons. The van der Waals surface area contributed by atoms with Crippen molar-refractivity contribution in [3.05, 3.63) is 35.9 Å². The molecule has 1 fully saturated rings. The van der Waals surface area contributed by atoms with Gasteiger partial charge in [-0.15, -0.1) is 0 Å². The lowest BCUT2D eigenvalue weighted by molar-refractivity contribution is -0.150. The van der Waals surface area contributed by atoms with Gasteiger partial charge in [0, 0.05) is 12.0 Å². The maximum atomic E-state index is 12.2. The first-order valence-corrected chi connectivity index (χ1v) is 6.97. The molecule has 0 spiro atoms. The van der Waals surface area contributed by atoms with Crippen molar-refractivity contribution < 1.29 is 14.3 Å². The summed E-state index contributed by atoms with van der Waals surface area (Å²) in [7, 11) is 0. The molecule has 4 unspecified atom stereocenters. The van der Waals surface area contributed by atoms with Crippen molar-refractivity contribution in [3.8, 4) is 0 Å². The van der Waals surface area contributed by atoms with Gasteiger partial charge >= 0.3 is 5.97 Å². The molecule has 0 saturated carbocycles. The van der Waals surface area contributed by atoms with E-state index in [4.69, 9.17) is 4.74 Å². The molecule has 20 heavy (non-hydrogen) atoms. The van der Waals surface area contributed by atoms with Crippen LogP contribution in [0, 0.1) is 11.8 Å². The van der Waals surface area contributed by atoms with Crippen LogP contribution in [-0.2, 0) is 20.9 Å². The fourth-order valence-electron chi connectivity index (χ4n) is 2.79. The standard InChI is InChI=1S/C16H21NO3/c1-10-11(2)17-15(14(10)12(3)18)16(19)20-9-13-7-5-4-6-8-13/h4-8,10-11,14-15,17H,9H2,1-3H3. The van der Waals surface area contributed by atoms with Crippen LogP contribution in [0.15, 0.2) is 30.3 Å². The number of Topliss-reactive ketones (excluding diaryl/α,β-unsaturated/α-hetero) is 1. The summed E-state index contributed by atoms with van der Waals surface area (Å²) in [4.78, 5) is 23.9. The maximum Gasteiger partial charge on any atom is 0.324 e. The van der Waals surface area contributed by atoms with E-state index >= 15 is 0 Å². The Morgan fingerprint density at radius 2 is 1.85 bits per heavy atom.